The minimum atomic E-state index is 0.152. The van der Waals surface area contributed by atoms with Crippen molar-refractivity contribution >= 4 is 11.6 Å². The lowest BCUT2D eigenvalue weighted by Gasteiger charge is -2.24. The summed E-state index contributed by atoms with van der Waals surface area (Å²) in [6.45, 7) is 3.95. The van der Waals surface area contributed by atoms with Gasteiger partial charge in [0.1, 0.15) is 0 Å². The summed E-state index contributed by atoms with van der Waals surface area (Å²) in [6.07, 6.45) is 4.40. The van der Waals surface area contributed by atoms with Gasteiger partial charge in [0, 0.05) is 18.7 Å². The van der Waals surface area contributed by atoms with E-state index in [0.717, 1.165) is 18.8 Å². The van der Waals surface area contributed by atoms with Crippen LogP contribution in [0.5, 0.6) is 0 Å². The Kier molecular flexibility index (Phi) is 4.76. The van der Waals surface area contributed by atoms with Crippen molar-refractivity contribution in [3.63, 3.8) is 0 Å². The topological polar surface area (TPSA) is 41.1 Å². The zero-order valence-electron chi connectivity index (χ0n) is 11.0. The molecule has 0 unspecified atom stereocenters. The molecule has 0 heterocycles. The van der Waals surface area contributed by atoms with Gasteiger partial charge in [-0.25, -0.2) is 0 Å². The van der Waals surface area contributed by atoms with Crippen LogP contribution in [0.4, 0.5) is 5.69 Å². The van der Waals surface area contributed by atoms with Crippen LogP contribution in [0.15, 0.2) is 24.3 Å². The van der Waals surface area contributed by atoms with E-state index in [2.05, 4.69) is 29.7 Å². The summed E-state index contributed by atoms with van der Waals surface area (Å²) in [5.74, 6) is 0.775. The molecule has 1 aromatic rings. The summed E-state index contributed by atoms with van der Waals surface area (Å²) in [4.78, 5) is 11.7. The fourth-order valence-electron chi connectivity index (χ4n) is 2.15. The summed E-state index contributed by atoms with van der Waals surface area (Å²) < 4.78 is 0. The van der Waals surface area contributed by atoms with E-state index >= 15 is 0 Å². The van der Waals surface area contributed by atoms with Gasteiger partial charge in [0.05, 0.1) is 0 Å². The second-order valence-electron chi connectivity index (χ2n) is 5.03. The van der Waals surface area contributed by atoms with Gasteiger partial charge in [-0.15, -0.1) is 0 Å². The first-order valence-electron chi connectivity index (χ1n) is 6.87. The molecule has 0 aliphatic heterocycles. The van der Waals surface area contributed by atoms with E-state index in [9.17, 15) is 4.79 Å². The fourth-order valence-corrected chi connectivity index (χ4v) is 2.15. The van der Waals surface area contributed by atoms with Gasteiger partial charge in [-0.05, 0) is 43.0 Å². The Hall–Kier alpha value is -1.35. The van der Waals surface area contributed by atoms with Crippen molar-refractivity contribution in [1.82, 2.24) is 5.32 Å². The Morgan fingerprint density at radius 3 is 2.56 bits per heavy atom. The van der Waals surface area contributed by atoms with Crippen LogP contribution < -0.4 is 10.6 Å². The van der Waals surface area contributed by atoms with E-state index in [1.165, 1.54) is 24.8 Å². The van der Waals surface area contributed by atoms with E-state index < -0.39 is 0 Å². The summed E-state index contributed by atoms with van der Waals surface area (Å²) in [5.41, 5.74) is 2.15. The SMILES string of the molecule is CCNCc1ccc(NC(=O)CC2CCC2)cc1. The normalized spacial score (nSPS) is 15.2. The molecule has 18 heavy (non-hydrogen) atoms. The van der Waals surface area contributed by atoms with Crippen LogP contribution in [0.2, 0.25) is 0 Å². The summed E-state index contributed by atoms with van der Waals surface area (Å²) in [7, 11) is 0. The maximum absolute atomic E-state index is 11.7. The molecule has 2 rings (SSSR count). The largest absolute Gasteiger partial charge is 0.326 e. The predicted octanol–water partition coefficient (Wildman–Crippen LogP) is 2.92. The average Bonchev–Trinajstić information content (AvgIpc) is 2.33. The molecular weight excluding hydrogens is 224 g/mol. The van der Waals surface area contributed by atoms with E-state index in [1.807, 2.05) is 12.1 Å². The Labute approximate surface area is 109 Å². The molecule has 3 heteroatoms. The van der Waals surface area contributed by atoms with Crippen molar-refractivity contribution < 1.29 is 4.79 Å². The monoisotopic (exact) mass is 246 g/mol. The van der Waals surface area contributed by atoms with Crippen LogP contribution >= 0.6 is 0 Å². The zero-order chi connectivity index (χ0) is 12.8. The van der Waals surface area contributed by atoms with Gasteiger partial charge in [0.25, 0.3) is 0 Å². The first kappa shape index (κ1) is 13.1. The molecule has 0 bridgehead atoms. The molecule has 1 aromatic carbocycles. The third-order valence-electron chi connectivity index (χ3n) is 3.52. The molecule has 3 nitrogen and oxygen atoms in total. The molecule has 1 saturated carbocycles. The van der Waals surface area contributed by atoms with Crippen LogP contribution in [0.25, 0.3) is 0 Å². The van der Waals surface area contributed by atoms with Gasteiger partial charge in [0.2, 0.25) is 5.91 Å². The van der Waals surface area contributed by atoms with Crippen molar-refractivity contribution in [2.75, 3.05) is 11.9 Å². The number of amides is 1. The third-order valence-corrected chi connectivity index (χ3v) is 3.52. The van der Waals surface area contributed by atoms with E-state index in [-0.39, 0.29) is 5.91 Å². The highest BCUT2D eigenvalue weighted by molar-refractivity contribution is 5.90. The van der Waals surface area contributed by atoms with Gasteiger partial charge in [-0.2, -0.15) is 0 Å². The van der Waals surface area contributed by atoms with E-state index in [4.69, 9.17) is 0 Å². The molecule has 0 radical (unpaired) electrons. The minimum absolute atomic E-state index is 0.152. The number of hydrogen-bond donors (Lipinski definition) is 2. The third kappa shape index (κ3) is 3.84. The summed E-state index contributed by atoms with van der Waals surface area (Å²) in [6, 6.07) is 8.07. The predicted molar refractivity (Wildman–Crippen MR) is 74.4 cm³/mol. The molecule has 0 saturated heterocycles. The second-order valence-corrected chi connectivity index (χ2v) is 5.03. The number of hydrogen-bond acceptors (Lipinski definition) is 2. The quantitative estimate of drug-likeness (QED) is 0.810. The van der Waals surface area contributed by atoms with Gasteiger partial charge in [-0.3, -0.25) is 4.79 Å². The number of anilines is 1. The summed E-state index contributed by atoms with van der Waals surface area (Å²) in [5, 5.41) is 6.24. The Balaban J connectivity index is 1.79. The molecule has 1 aliphatic rings. The highest BCUT2D eigenvalue weighted by Crippen LogP contribution is 2.29. The number of carbonyl (C=O) groups is 1. The second kappa shape index (κ2) is 6.55. The standard InChI is InChI=1S/C15H22N2O/c1-2-16-11-13-6-8-14(9-7-13)17-15(18)10-12-4-3-5-12/h6-9,12,16H,2-5,10-11H2,1H3,(H,17,18). The van der Waals surface area contributed by atoms with Crippen LogP contribution in [-0.2, 0) is 11.3 Å². The number of benzene rings is 1. The van der Waals surface area contributed by atoms with Crippen LogP contribution in [0, 0.1) is 5.92 Å². The lowest BCUT2D eigenvalue weighted by molar-refractivity contribution is -0.117. The van der Waals surface area contributed by atoms with Crippen molar-refractivity contribution in [2.45, 2.75) is 39.2 Å². The van der Waals surface area contributed by atoms with Crippen molar-refractivity contribution in [3.05, 3.63) is 29.8 Å². The maximum atomic E-state index is 11.7. The van der Waals surface area contributed by atoms with Crippen molar-refractivity contribution in [1.29, 1.82) is 0 Å². The Bertz CT molecular complexity index is 382. The Morgan fingerprint density at radius 2 is 2.00 bits per heavy atom. The highest BCUT2D eigenvalue weighted by atomic mass is 16.1. The molecule has 0 spiro atoms. The Morgan fingerprint density at radius 1 is 1.28 bits per heavy atom. The molecule has 1 aliphatic carbocycles. The number of carbonyl (C=O) groups excluding carboxylic acids is 1. The zero-order valence-corrected chi connectivity index (χ0v) is 11.0. The lowest BCUT2D eigenvalue weighted by atomic mass is 9.83. The van der Waals surface area contributed by atoms with E-state index in [0.29, 0.717) is 12.3 Å². The molecule has 1 fully saturated rings. The maximum Gasteiger partial charge on any atom is 0.224 e. The summed E-state index contributed by atoms with van der Waals surface area (Å²) >= 11 is 0. The first-order valence-corrected chi connectivity index (χ1v) is 6.87. The molecular formula is C15H22N2O. The molecule has 98 valence electrons. The smallest absolute Gasteiger partial charge is 0.224 e. The van der Waals surface area contributed by atoms with Crippen LogP contribution in [0.1, 0.15) is 38.2 Å². The number of nitrogens with one attached hydrogen (secondary N) is 2. The molecule has 1 amide bonds. The highest BCUT2D eigenvalue weighted by Gasteiger charge is 2.20. The van der Waals surface area contributed by atoms with Crippen molar-refractivity contribution in [2.24, 2.45) is 5.92 Å². The number of rotatable bonds is 6. The molecule has 0 atom stereocenters. The van der Waals surface area contributed by atoms with Gasteiger partial charge < -0.3 is 10.6 Å². The van der Waals surface area contributed by atoms with Crippen LogP contribution in [0.3, 0.4) is 0 Å². The van der Waals surface area contributed by atoms with E-state index in [1.54, 1.807) is 0 Å². The van der Waals surface area contributed by atoms with Gasteiger partial charge >= 0.3 is 0 Å². The first-order chi connectivity index (χ1) is 8.78. The lowest BCUT2D eigenvalue weighted by Crippen LogP contribution is -2.20. The molecule has 2 N–H and O–H groups in total. The molecule has 0 aromatic heterocycles. The minimum Gasteiger partial charge on any atom is -0.326 e. The fraction of sp³-hybridized carbons (Fsp3) is 0.533. The van der Waals surface area contributed by atoms with Gasteiger partial charge in [-0.1, -0.05) is 25.5 Å². The van der Waals surface area contributed by atoms with Crippen molar-refractivity contribution in [3.8, 4) is 0 Å². The van der Waals surface area contributed by atoms with Crippen LogP contribution in [-0.4, -0.2) is 12.5 Å². The average molecular weight is 246 g/mol. The van der Waals surface area contributed by atoms with Gasteiger partial charge in [0.15, 0.2) is 0 Å².